The Kier molecular flexibility index (Phi) is 9.19. The van der Waals surface area contributed by atoms with Gasteiger partial charge in [-0.05, 0) is 24.3 Å². The van der Waals surface area contributed by atoms with Crippen LogP contribution >= 0.6 is 0 Å². The number of nitrogens with two attached hydrogens (primary N) is 1. The average Bonchev–Trinajstić information content (AvgIpc) is 2.59. The molecule has 26 heavy (non-hydrogen) atoms. The van der Waals surface area contributed by atoms with Gasteiger partial charge >= 0.3 is 6.09 Å². The summed E-state index contributed by atoms with van der Waals surface area (Å²) in [6, 6.07) is 7.71. The van der Waals surface area contributed by atoms with Gasteiger partial charge in [0.1, 0.15) is 18.7 Å². The fourth-order valence-corrected chi connectivity index (χ4v) is 2.45. The van der Waals surface area contributed by atoms with Crippen LogP contribution in [0.1, 0.15) is 45.6 Å². The molecule has 0 saturated carbocycles. The fraction of sp³-hybridized carbons (Fsp3) is 0.526. The highest BCUT2D eigenvalue weighted by atomic mass is 16.5. The van der Waals surface area contributed by atoms with E-state index >= 15 is 0 Å². The van der Waals surface area contributed by atoms with E-state index in [0.717, 1.165) is 5.56 Å². The molecule has 0 unspecified atom stereocenters. The summed E-state index contributed by atoms with van der Waals surface area (Å²) in [4.78, 5) is 36.0. The highest BCUT2D eigenvalue weighted by Crippen LogP contribution is 2.07. The van der Waals surface area contributed by atoms with Gasteiger partial charge in [-0.15, -0.1) is 0 Å². The lowest BCUT2D eigenvalue weighted by Crippen LogP contribution is -2.53. The molecule has 0 saturated heterocycles. The topological polar surface area (TPSA) is 111 Å². The van der Waals surface area contributed by atoms with Crippen molar-refractivity contribution >= 4 is 17.9 Å². The first-order valence-corrected chi connectivity index (χ1v) is 8.90. The summed E-state index contributed by atoms with van der Waals surface area (Å²) < 4.78 is 5.15. The van der Waals surface area contributed by atoms with Crippen molar-refractivity contribution < 1.29 is 19.1 Å². The van der Waals surface area contributed by atoms with Crippen molar-refractivity contribution in [1.29, 1.82) is 0 Å². The monoisotopic (exact) mass is 363 g/mol. The van der Waals surface area contributed by atoms with Crippen LogP contribution in [0.25, 0.3) is 0 Å². The van der Waals surface area contributed by atoms with Crippen LogP contribution in [0.2, 0.25) is 0 Å². The molecule has 0 fully saturated rings. The molecule has 0 spiro atoms. The summed E-state index contributed by atoms with van der Waals surface area (Å²) in [6.45, 7) is 5.89. The van der Waals surface area contributed by atoms with Gasteiger partial charge in [0, 0.05) is 0 Å². The van der Waals surface area contributed by atoms with Gasteiger partial charge in [0.15, 0.2) is 0 Å². The summed E-state index contributed by atoms with van der Waals surface area (Å²) in [5.41, 5.74) is 6.21. The standard InChI is InChI=1S/C19H29N3O4/c1-4-8-15(18(24)21-16(17(20)23)11-13(2)3)22-19(25)26-12-14-9-6-5-7-10-14/h5-7,9-10,13,15-16H,4,8,11-12H2,1-3H3,(H2,20,23)(H,21,24)(H,22,25)/t15-,16-/m0/s1. The number of primary amides is 1. The molecule has 4 N–H and O–H groups in total. The molecule has 1 aromatic rings. The Balaban J connectivity index is 2.60. The Morgan fingerprint density at radius 2 is 1.73 bits per heavy atom. The SMILES string of the molecule is CCC[C@H](NC(=O)OCc1ccccc1)C(=O)N[C@@H](CC(C)C)C(N)=O. The quantitative estimate of drug-likeness (QED) is 0.591. The maximum Gasteiger partial charge on any atom is 0.408 e. The zero-order valence-electron chi connectivity index (χ0n) is 15.7. The van der Waals surface area contributed by atoms with Crippen LogP contribution < -0.4 is 16.4 Å². The van der Waals surface area contributed by atoms with Gasteiger partial charge in [0.05, 0.1) is 0 Å². The van der Waals surface area contributed by atoms with E-state index in [2.05, 4.69) is 10.6 Å². The summed E-state index contributed by atoms with van der Waals surface area (Å²) >= 11 is 0. The molecule has 1 rings (SSSR count). The number of benzene rings is 1. The van der Waals surface area contributed by atoms with E-state index < -0.39 is 30.0 Å². The van der Waals surface area contributed by atoms with Gasteiger partial charge in [-0.2, -0.15) is 0 Å². The molecule has 0 radical (unpaired) electrons. The van der Waals surface area contributed by atoms with Crippen molar-refractivity contribution in [2.45, 2.75) is 58.7 Å². The van der Waals surface area contributed by atoms with Crippen molar-refractivity contribution in [2.75, 3.05) is 0 Å². The predicted molar refractivity (Wildman–Crippen MR) is 99.0 cm³/mol. The van der Waals surface area contributed by atoms with E-state index in [9.17, 15) is 14.4 Å². The number of nitrogens with one attached hydrogen (secondary N) is 2. The van der Waals surface area contributed by atoms with E-state index in [1.165, 1.54) is 0 Å². The van der Waals surface area contributed by atoms with Gasteiger partial charge in [-0.3, -0.25) is 9.59 Å². The first kappa shape index (κ1) is 21.5. The van der Waals surface area contributed by atoms with Gasteiger partial charge in [-0.25, -0.2) is 4.79 Å². The van der Waals surface area contributed by atoms with Gasteiger partial charge in [0.2, 0.25) is 11.8 Å². The van der Waals surface area contributed by atoms with Gasteiger partial charge in [0.25, 0.3) is 0 Å². The maximum absolute atomic E-state index is 12.5. The third-order valence-electron chi connectivity index (χ3n) is 3.77. The Bertz CT molecular complexity index is 590. The number of ether oxygens (including phenoxy) is 1. The minimum atomic E-state index is -0.780. The summed E-state index contributed by atoms with van der Waals surface area (Å²) in [5, 5.41) is 5.19. The molecule has 7 heteroatoms. The number of alkyl carbamates (subject to hydrolysis) is 1. The smallest absolute Gasteiger partial charge is 0.408 e. The van der Waals surface area contributed by atoms with E-state index in [4.69, 9.17) is 10.5 Å². The molecular formula is C19H29N3O4. The number of carbonyl (C=O) groups is 3. The van der Waals surface area contributed by atoms with Crippen LogP contribution in [0.4, 0.5) is 4.79 Å². The first-order valence-electron chi connectivity index (χ1n) is 8.90. The summed E-state index contributed by atoms with van der Waals surface area (Å²) in [6.07, 6.45) is 0.877. The summed E-state index contributed by atoms with van der Waals surface area (Å²) in [7, 11) is 0. The van der Waals surface area contributed by atoms with E-state index in [0.29, 0.717) is 19.3 Å². The second-order valence-electron chi connectivity index (χ2n) is 6.64. The lowest BCUT2D eigenvalue weighted by molar-refractivity contribution is -0.129. The van der Waals surface area contributed by atoms with E-state index in [1.807, 2.05) is 51.1 Å². The molecule has 0 aliphatic heterocycles. The highest BCUT2D eigenvalue weighted by Gasteiger charge is 2.26. The predicted octanol–water partition coefficient (Wildman–Crippen LogP) is 2.10. The Morgan fingerprint density at radius 3 is 2.27 bits per heavy atom. The number of amides is 3. The Hall–Kier alpha value is -2.57. The van der Waals surface area contributed by atoms with Crippen LogP contribution in [-0.4, -0.2) is 30.0 Å². The van der Waals surface area contributed by atoms with Crippen LogP contribution in [0.15, 0.2) is 30.3 Å². The molecule has 0 heterocycles. The maximum atomic E-state index is 12.5. The second-order valence-corrected chi connectivity index (χ2v) is 6.64. The fourth-order valence-electron chi connectivity index (χ4n) is 2.45. The van der Waals surface area contributed by atoms with Crippen molar-refractivity contribution in [3.05, 3.63) is 35.9 Å². The third kappa shape index (κ3) is 8.00. The van der Waals surface area contributed by atoms with Crippen molar-refractivity contribution in [2.24, 2.45) is 11.7 Å². The summed E-state index contributed by atoms with van der Waals surface area (Å²) in [5.74, 6) is -0.830. The van der Waals surface area contributed by atoms with Crippen LogP contribution in [-0.2, 0) is 20.9 Å². The molecule has 1 aromatic carbocycles. The van der Waals surface area contributed by atoms with Crippen molar-refractivity contribution in [3.63, 3.8) is 0 Å². The number of rotatable bonds is 10. The van der Waals surface area contributed by atoms with Crippen LogP contribution in [0, 0.1) is 5.92 Å². The molecule has 0 aliphatic carbocycles. The van der Waals surface area contributed by atoms with Gasteiger partial charge in [-0.1, -0.05) is 57.5 Å². The molecule has 0 aliphatic rings. The van der Waals surface area contributed by atoms with E-state index in [-0.39, 0.29) is 12.5 Å². The third-order valence-corrected chi connectivity index (χ3v) is 3.77. The Morgan fingerprint density at radius 1 is 1.08 bits per heavy atom. The van der Waals surface area contributed by atoms with E-state index in [1.54, 1.807) is 0 Å². The molecule has 0 aromatic heterocycles. The lowest BCUT2D eigenvalue weighted by atomic mass is 10.0. The first-order chi connectivity index (χ1) is 12.3. The molecule has 2 atom stereocenters. The zero-order valence-corrected chi connectivity index (χ0v) is 15.7. The normalized spacial score (nSPS) is 12.9. The minimum Gasteiger partial charge on any atom is -0.445 e. The number of hydrogen-bond donors (Lipinski definition) is 3. The number of hydrogen-bond acceptors (Lipinski definition) is 4. The molecule has 0 bridgehead atoms. The highest BCUT2D eigenvalue weighted by molar-refractivity contribution is 5.90. The molecule has 144 valence electrons. The largest absolute Gasteiger partial charge is 0.445 e. The second kappa shape index (κ2) is 11.1. The van der Waals surface area contributed by atoms with Gasteiger partial charge < -0.3 is 21.1 Å². The Labute approximate surface area is 154 Å². The lowest BCUT2D eigenvalue weighted by Gasteiger charge is -2.22. The molecule has 3 amide bonds. The zero-order chi connectivity index (χ0) is 19.5. The number of carbonyl (C=O) groups excluding carboxylic acids is 3. The minimum absolute atomic E-state index is 0.115. The molecule has 7 nitrogen and oxygen atoms in total. The van der Waals surface area contributed by atoms with Crippen LogP contribution in [0.5, 0.6) is 0 Å². The molecular weight excluding hydrogens is 334 g/mol. The average molecular weight is 363 g/mol. The van der Waals surface area contributed by atoms with Crippen molar-refractivity contribution in [3.8, 4) is 0 Å². The van der Waals surface area contributed by atoms with Crippen molar-refractivity contribution in [1.82, 2.24) is 10.6 Å². The van der Waals surface area contributed by atoms with Crippen LogP contribution in [0.3, 0.4) is 0 Å².